The fourth-order valence-electron chi connectivity index (χ4n) is 2.30. The number of rotatable bonds is 5. The third-order valence-electron chi connectivity index (χ3n) is 3.25. The Hall–Kier alpha value is -2.21. The lowest BCUT2D eigenvalue weighted by Crippen LogP contribution is -2.10. The fourth-order valence-corrected chi connectivity index (χ4v) is 2.30. The van der Waals surface area contributed by atoms with Crippen molar-refractivity contribution in [2.24, 2.45) is 0 Å². The average Bonchev–Trinajstić information content (AvgIpc) is 2.75. The SMILES string of the molecule is CCn1nc(C)c([N+](=O)[O-])c1CC(O)c1ccccc1. The lowest BCUT2D eigenvalue weighted by atomic mass is 10.0. The van der Waals surface area contributed by atoms with Crippen LogP contribution in [0.2, 0.25) is 0 Å². The third-order valence-corrected chi connectivity index (χ3v) is 3.25. The van der Waals surface area contributed by atoms with E-state index in [-0.39, 0.29) is 12.1 Å². The van der Waals surface area contributed by atoms with Crippen LogP contribution in [0.3, 0.4) is 0 Å². The number of hydrogen-bond acceptors (Lipinski definition) is 4. The maximum atomic E-state index is 11.2. The van der Waals surface area contributed by atoms with Gasteiger partial charge in [0.25, 0.3) is 0 Å². The lowest BCUT2D eigenvalue weighted by Gasteiger charge is -2.11. The predicted octanol–water partition coefficient (Wildman–Crippen LogP) is 2.40. The van der Waals surface area contributed by atoms with Crippen molar-refractivity contribution in [1.29, 1.82) is 0 Å². The summed E-state index contributed by atoms with van der Waals surface area (Å²) < 4.78 is 1.58. The van der Waals surface area contributed by atoms with E-state index in [9.17, 15) is 15.2 Å². The molecule has 0 saturated carbocycles. The first-order chi connectivity index (χ1) is 9.54. The predicted molar refractivity (Wildman–Crippen MR) is 74.4 cm³/mol. The lowest BCUT2D eigenvalue weighted by molar-refractivity contribution is -0.386. The molecule has 6 heteroatoms. The number of hydrogen-bond donors (Lipinski definition) is 1. The van der Waals surface area contributed by atoms with Crippen LogP contribution in [0.5, 0.6) is 0 Å². The molecule has 1 N–H and O–H groups in total. The van der Waals surface area contributed by atoms with E-state index < -0.39 is 11.0 Å². The van der Waals surface area contributed by atoms with Gasteiger partial charge in [-0.2, -0.15) is 5.10 Å². The Bertz CT molecular complexity index is 608. The van der Waals surface area contributed by atoms with Gasteiger partial charge in [0.05, 0.1) is 11.0 Å². The van der Waals surface area contributed by atoms with Crippen molar-refractivity contribution in [1.82, 2.24) is 9.78 Å². The molecule has 2 aromatic rings. The highest BCUT2D eigenvalue weighted by atomic mass is 16.6. The summed E-state index contributed by atoms with van der Waals surface area (Å²) in [6.45, 7) is 4.02. The molecule has 6 nitrogen and oxygen atoms in total. The zero-order valence-electron chi connectivity index (χ0n) is 11.5. The van der Waals surface area contributed by atoms with E-state index in [0.717, 1.165) is 5.56 Å². The highest BCUT2D eigenvalue weighted by molar-refractivity contribution is 5.41. The highest BCUT2D eigenvalue weighted by Gasteiger charge is 2.26. The first-order valence-corrected chi connectivity index (χ1v) is 6.48. The van der Waals surface area contributed by atoms with Crippen molar-refractivity contribution < 1.29 is 10.0 Å². The smallest absolute Gasteiger partial charge is 0.313 e. The second-order valence-corrected chi connectivity index (χ2v) is 4.58. The number of aryl methyl sites for hydroxylation is 2. The standard InChI is InChI=1S/C14H17N3O3/c1-3-16-12(14(17(19)20)10(2)15-16)9-13(18)11-7-5-4-6-8-11/h4-8,13,18H,3,9H2,1-2H3. The number of aliphatic hydroxyl groups is 1. The summed E-state index contributed by atoms with van der Waals surface area (Å²) in [5, 5.41) is 25.6. The zero-order valence-corrected chi connectivity index (χ0v) is 11.5. The van der Waals surface area contributed by atoms with Crippen molar-refractivity contribution >= 4 is 5.69 Å². The van der Waals surface area contributed by atoms with E-state index in [2.05, 4.69) is 5.10 Å². The van der Waals surface area contributed by atoms with E-state index in [4.69, 9.17) is 0 Å². The summed E-state index contributed by atoms with van der Waals surface area (Å²) in [5.41, 5.74) is 1.59. The first kappa shape index (κ1) is 14.2. The van der Waals surface area contributed by atoms with Gasteiger partial charge in [0, 0.05) is 13.0 Å². The van der Waals surface area contributed by atoms with Gasteiger partial charge in [-0.1, -0.05) is 30.3 Å². The minimum atomic E-state index is -0.781. The Morgan fingerprint density at radius 3 is 2.60 bits per heavy atom. The topological polar surface area (TPSA) is 81.2 Å². The summed E-state index contributed by atoms with van der Waals surface area (Å²) in [5.74, 6) is 0. The van der Waals surface area contributed by atoms with E-state index in [1.165, 1.54) is 0 Å². The van der Waals surface area contributed by atoms with Gasteiger partial charge in [0.1, 0.15) is 11.4 Å². The van der Waals surface area contributed by atoms with Gasteiger partial charge in [-0.15, -0.1) is 0 Å². The van der Waals surface area contributed by atoms with Crippen LogP contribution in [-0.2, 0) is 13.0 Å². The summed E-state index contributed by atoms with van der Waals surface area (Å²) >= 11 is 0. The average molecular weight is 275 g/mol. The molecule has 0 saturated heterocycles. The molecule has 1 heterocycles. The second kappa shape index (κ2) is 5.83. The van der Waals surface area contributed by atoms with Gasteiger partial charge in [-0.05, 0) is 19.4 Å². The van der Waals surface area contributed by atoms with Gasteiger partial charge in [0.2, 0.25) is 0 Å². The Balaban J connectivity index is 2.35. The molecule has 2 rings (SSSR count). The van der Waals surface area contributed by atoms with Crippen LogP contribution in [0.1, 0.15) is 30.0 Å². The van der Waals surface area contributed by atoms with Crippen molar-refractivity contribution in [3.63, 3.8) is 0 Å². The molecule has 0 aliphatic carbocycles. The minimum absolute atomic E-state index is 0.00170. The molecule has 1 unspecified atom stereocenters. The quantitative estimate of drug-likeness (QED) is 0.671. The summed E-state index contributed by atoms with van der Waals surface area (Å²) in [6.07, 6.45) is -0.606. The maximum Gasteiger partial charge on any atom is 0.313 e. The molecule has 1 atom stereocenters. The van der Waals surface area contributed by atoms with Gasteiger partial charge in [-0.25, -0.2) is 0 Å². The molecule has 0 aliphatic rings. The van der Waals surface area contributed by atoms with Crippen LogP contribution in [-0.4, -0.2) is 19.8 Å². The Morgan fingerprint density at radius 2 is 2.05 bits per heavy atom. The normalized spacial score (nSPS) is 12.3. The number of aliphatic hydroxyl groups excluding tert-OH is 1. The Labute approximate surface area is 116 Å². The number of benzene rings is 1. The molecular formula is C14H17N3O3. The van der Waals surface area contributed by atoms with Crippen molar-refractivity contribution in [3.05, 3.63) is 57.4 Å². The van der Waals surface area contributed by atoms with Crippen LogP contribution in [0.4, 0.5) is 5.69 Å². The second-order valence-electron chi connectivity index (χ2n) is 4.58. The first-order valence-electron chi connectivity index (χ1n) is 6.48. The molecule has 0 aliphatic heterocycles. The number of nitrogens with zero attached hydrogens (tertiary/aromatic N) is 3. The van der Waals surface area contributed by atoms with Crippen molar-refractivity contribution in [2.45, 2.75) is 32.9 Å². The molecule has 1 aromatic carbocycles. The van der Waals surface area contributed by atoms with Gasteiger partial charge < -0.3 is 5.11 Å². The molecule has 0 bridgehead atoms. The monoisotopic (exact) mass is 275 g/mol. The van der Waals surface area contributed by atoms with E-state index in [1.807, 2.05) is 25.1 Å². The molecule has 0 radical (unpaired) electrons. The highest BCUT2D eigenvalue weighted by Crippen LogP contribution is 2.28. The minimum Gasteiger partial charge on any atom is -0.388 e. The maximum absolute atomic E-state index is 11.2. The molecule has 0 amide bonds. The van der Waals surface area contributed by atoms with Gasteiger partial charge in [0.15, 0.2) is 0 Å². The van der Waals surface area contributed by atoms with Crippen LogP contribution in [0.25, 0.3) is 0 Å². The molecule has 106 valence electrons. The number of aromatic nitrogens is 2. The van der Waals surface area contributed by atoms with Crippen LogP contribution in [0.15, 0.2) is 30.3 Å². The largest absolute Gasteiger partial charge is 0.388 e. The number of nitro groups is 1. The van der Waals surface area contributed by atoms with Crippen molar-refractivity contribution in [3.8, 4) is 0 Å². The van der Waals surface area contributed by atoms with Crippen LogP contribution < -0.4 is 0 Å². The fraction of sp³-hybridized carbons (Fsp3) is 0.357. The summed E-state index contributed by atoms with van der Waals surface area (Å²) in [6, 6.07) is 9.12. The summed E-state index contributed by atoms with van der Waals surface area (Å²) in [7, 11) is 0. The third kappa shape index (κ3) is 2.70. The van der Waals surface area contributed by atoms with Gasteiger partial charge >= 0.3 is 5.69 Å². The molecular weight excluding hydrogens is 258 g/mol. The van der Waals surface area contributed by atoms with Crippen LogP contribution >= 0.6 is 0 Å². The zero-order chi connectivity index (χ0) is 14.7. The van der Waals surface area contributed by atoms with Crippen molar-refractivity contribution in [2.75, 3.05) is 0 Å². The molecule has 0 spiro atoms. The summed E-state index contributed by atoms with van der Waals surface area (Å²) in [4.78, 5) is 10.7. The van der Waals surface area contributed by atoms with Gasteiger partial charge in [-0.3, -0.25) is 14.8 Å². The van der Waals surface area contributed by atoms with E-state index in [1.54, 1.807) is 23.7 Å². The van der Waals surface area contributed by atoms with E-state index >= 15 is 0 Å². The van der Waals surface area contributed by atoms with E-state index in [0.29, 0.717) is 17.9 Å². The molecule has 0 fully saturated rings. The Kier molecular flexibility index (Phi) is 4.14. The van der Waals surface area contributed by atoms with Crippen LogP contribution in [0, 0.1) is 17.0 Å². The Morgan fingerprint density at radius 1 is 1.40 bits per heavy atom. The molecule has 20 heavy (non-hydrogen) atoms. The molecule has 1 aromatic heterocycles.